The molecule has 3 rings (SSSR count). The number of anilines is 2. The lowest BCUT2D eigenvalue weighted by Crippen LogP contribution is -2.09. The summed E-state index contributed by atoms with van der Waals surface area (Å²) in [5.74, 6) is 1.15. The zero-order valence-corrected chi connectivity index (χ0v) is 15.7. The van der Waals surface area contributed by atoms with Gasteiger partial charge in [0.1, 0.15) is 31.1 Å². The molecule has 0 aliphatic heterocycles. The summed E-state index contributed by atoms with van der Waals surface area (Å²) < 4.78 is 137. The van der Waals surface area contributed by atoms with Crippen LogP contribution in [0.4, 0.5) is 11.5 Å². The van der Waals surface area contributed by atoms with Gasteiger partial charge in [0.25, 0.3) is 0 Å². The number of nitrogens with zero attached hydrogens (tertiary/aromatic N) is 2. The minimum atomic E-state index is -3.56. The summed E-state index contributed by atoms with van der Waals surface area (Å²) in [5, 5.41) is 3.05. The molecular formula is C23H25N3O5. The number of ether oxygens (including phenoxy) is 5. The first kappa shape index (κ1) is 9.73. The number of hydrogen-bond donors (Lipinski definition) is 1. The van der Waals surface area contributed by atoms with Crippen LogP contribution in [0.5, 0.6) is 17.2 Å². The van der Waals surface area contributed by atoms with Crippen molar-refractivity contribution in [2.75, 3.05) is 52.7 Å². The molecule has 1 heterocycles. The van der Waals surface area contributed by atoms with E-state index in [0.29, 0.717) is 5.69 Å². The molecule has 0 unspecified atom stereocenters. The number of aromatic nitrogens is 2. The summed E-state index contributed by atoms with van der Waals surface area (Å²) >= 11 is 0. The van der Waals surface area contributed by atoms with Crippen molar-refractivity contribution in [3.63, 3.8) is 0 Å². The van der Waals surface area contributed by atoms with Gasteiger partial charge in [-0.2, -0.15) is 0 Å². The molecule has 0 aliphatic rings. The minimum absolute atomic E-state index is 0.0224. The Morgan fingerprint density at radius 3 is 2.71 bits per heavy atom. The van der Waals surface area contributed by atoms with Gasteiger partial charge in [0.2, 0.25) is 0 Å². The molecule has 3 aromatic rings. The maximum atomic E-state index is 8.08. The van der Waals surface area contributed by atoms with Crippen molar-refractivity contribution in [2.45, 2.75) is 0 Å². The van der Waals surface area contributed by atoms with Crippen molar-refractivity contribution in [3.8, 4) is 29.6 Å². The molecule has 0 saturated carbocycles. The van der Waals surface area contributed by atoms with Gasteiger partial charge in [-0.3, -0.25) is 0 Å². The Bertz CT molecular complexity index is 1600. The van der Waals surface area contributed by atoms with Crippen molar-refractivity contribution in [2.24, 2.45) is 0 Å². The van der Waals surface area contributed by atoms with Crippen LogP contribution in [-0.4, -0.2) is 57.4 Å². The lowest BCUT2D eigenvalue weighted by molar-refractivity contribution is 0.132. The van der Waals surface area contributed by atoms with Crippen LogP contribution in [0.15, 0.2) is 36.7 Å². The molecule has 31 heavy (non-hydrogen) atoms. The van der Waals surface area contributed by atoms with E-state index in [-0.39, 0.29) is 28.0 Å². The Kier molecular flexibility index (Phi) is 3.46. The Morgan fingerprint density at radius 2 is 1.87 bits per heavy atom. The average Bonchev–Trinajstić information content (AvgIpc) is 2.84. The van der Waals surface area contributed by atoms with Gasteiger partial charge in [-0.25, -0.2) is 9.97 Å². The highest BCUT2D eigenvalue weighted by atomic mass is 16.5. The predicted molar refractivity (Wildman–Crippen MR) is 118 cm³/mol. The van der Waals surface area contributed by atoms with Gasteiger partial charge >= 0.3 is 0 Å². The molecule has 1 aromatic heterocycles. The third-order valence-electron chi connectivity index (χ3n) is 3.82. The highest BCUT2D eigenvalue weighted by Gasteiger charge is 2.13. The van der Waals surface area contributed by atoms with Crippen LogP contribution >= 0.6 is 0 Å². The Balaban J connectivity index is 2.09. The van der Waals surface area contributed by atoms with Crippen LogP contribution in [-0.2, 0) is 9.47 Å². The molecule has 0 saturated heterocycles. The van der Waals surface area contributed by atoms with Crippen LogP contribution in [0.2, 0.25) is 0 Å². The van der Waals surface area contributed by atoms with Crippen LogP contribution in [0.1, 0.15) is 26.1 Å². The van der Waals surface area contributed by atoms with Crippen molar-refractivity contribution in [3.05, 3.63) is 42.2 Å². The second kappa shape index (κ2) is 11.0. The van der Waals surface area contributed by atoms with Crippen molar-refractivity contribution >= 4 is 22.4 Å². The molecule has 1 N–H and O–H groups in total. The molecule has 0 radical (unpaired) electrons. The Morgan fingerprint density at radius 1 is 1.00 bits per heavy atom. The van der Waals surface area contributed by atoms with Gasteiger partial charge < -0.3 is 29.0 Å². The summed E-state index contributed by atoms with van der Waals surface area (Å²) in [4.78, 5) is 8.21. The van der Waals surface area contributed by atoms with E-state index in [1.54, 1.807) is 0 Å². The molecule has 0 spiro atoms. The second-order valence-corrected chi connectivity index (χ2v) is 5.56. The minimum Gasteiger partial charge on any atom is -0.495 e. The van der Waals surface area contributed by atoms with E-state index in [1.165, 1.54) is 18.2 Å². The molecule has 8 heteroatoms. The number of methoxy groups -OCH3 is 3. The predicted octanol–water partition coefficient (Wildman–Crippen LogP) is 3.41. The normalized spacial score (nSPS) is 20.3. The van der Waals surface area contributed by atoms with E-state index in [2.05, 4.69) is 30.7 Å². The zero-order valence-electron chi connectivity index (χ0n) is 30.7. The highest BCUT2D eigenvalue weighted by Crippen LogP contribution is 2.35. The number of hydrogen-bond acceptors (Lipinski definition) is 8. The monoisotopic (exact) mass is 438 g/mol. The summed E-state index contributed by atoms with van der Waals surface area (Å²) in [6.07, 6.45) is 6.59. The highest BCUT2D eigenvalue weighted by molar-refractivity contribution is 5.93. The fourth-order valence-corrected chi connectivity index (χ4v) is 2.54. The maximum absolute atomic E-state index is 8.08. The summed E-state index contributed by atoms with van der Waals surface area (Å²) in [7, 11) is -9.30. The largest absolute Gasteiger partial charge is 0.495 e. The molecule has 0 bridgehead atoms. The fraction of sp³-hybridized carbons (Fsp3) is 0.304. The number of nitrogens with one attached hydrogen (secondary N) is 1. The molecule has 162 valence electrons. The Labute approximate surface area is 202 Å². The van der Waals surface area contributed by atoms with Gasteiger partial charge in [-0.1, -0.05) is 5.92 Å². The molecule has 2 aromatic carbocycles. The van der Waals surface area contributed by atoms with Gasteiger partial charge in [-0.15, -0.1) is 6.42 Å². The zero-order chi connectivity index (χ0) is 34.9. The fourth-order valence-electron chi connectivity index (χ4n) is 2.54. The summed E-state index contributed by atoms with van der Waals surface area (Å²) in [6.45, 7) is -11.1. The van der Waals surface area contributed by atoms with Gasteiger partial charge in [0, 0.05) is 31.2 Å². The summed E-state index contributed by atoms with van der Waals surface area (Å²) in [6, 6.07) is 6.28. The average molecular weight is 439 g/mol. The number of benzene rings is 2. The quantitative estimate of drug-likeness (QED) is 0.456. The van der Waals surface area contributed by atoms with Gasteiger partial charge in [-0.05, 0) is 24.3 Å². The topological polar surface area (TPSA) is 84.0 Å². The molecule has 0 fully saturated rings. The van der Waals surface area contributed by atoms with Crippen LogP contribution in [0, 0.1) is 12.3 Å². The third-order valence-corrected chi connectivity index (χ3v) is 3.82. The molecule has 0 atom stereocenters. The van der Waals surface area contributed by atoms with E-state index in [9.17, 15) is 0 Å². The van der Waals surface area contributed by atoms with Crippen molar-refractivity contribution in [1.82, 2.24) is 9.97 Å². The standard InChI is InChI=1S/C23H25N3O5/c1-5-16-12-17(6-7-20(16)29-4)26-23-18-13-21(30-10-8-27-2)22(31-11-9-28-3)14-19(18)24-15-25-23/h1,6-7,12-15H,8-11H2,2-4H3,(H,24,25,26)/i2D3,3D3,4D3,8D2,9D2,11D2. The van der Waals surface area contributed by atoms with E-state index in [0.717, 1.165) is 18.5 Å². The second-order valence-electron chi connectivity index (χ2n) is 5.56. The first-order valence-electron chi connectivity index (χ1n) is 15.9. The molecular weight excluding hydrogens is 398 g/mol. The smallest absolute Gasteiger partial charge is 0.163 e. The maximum Gasteiger partial charge on any atom is 0.163 e. The van der Waals surface area contributed by atoms with Crippen LogP contribution in [0.3, 0.4) is 0 Å². The lowest BCUT2D eigenvalue weighted by atomic mass is 10.1. The van der Waals surface area contributed by atoms with E-state index < -0.39 is 58.9 Å². The third kappa shape index (κ3) is 5.54. The van der Waals surface area contributed by atoms with Crippen LogP contribution in [0.25, 0.3) is 10.9 Å². The number of fused-ring (bicyclic) bond motifs is 1. The van der Waals surface area contributed by atoms with Gasteiger partial charge in [0.05, 0.1) is 51.8 Å². The lowest BCUT2D eigenvalue weighted by Gasteiger charge is -2.15. The van der Waals surface area contributed by atoms with Crippen molar-refractivity contribution < 1.29 is 44.2 Å². The summed E-state index contributed by atoms with van der Waals surface area (Å²) in [5.41, 5.74) is 0.392. The molecule has 8 nitrogen and oxygen atoms in total. The first-order valence-corrected chi connectivity index (χ1v) is 8.37. The van der Waals surface area contributed by atoms with E-state index >= 15 is 0 Å². The molecule has 0 amide bonds. The van der Waals surface area contributed by atoms with Crippen molar-refractivity contribution in [1.29, 1.82) is 0 Å². The Hall–Kier alpha value is -3.54. The van der Waals surface area contributed by atoms with Gasteiger partial charge in [0.15, 0.2) is 11.5 Å². The SMILES string of the molecule is [2H]C([2H])([2H])Oc1ccc(Nc2ncnc3cc(OC([2H])([2H])C([2H])([2H])OC([2H])([2H])[2H])c(OCC([2H])([2H])OC([2H])([2H])[2H])cc23)cc1C#C. The van der Waals surface area contributed by atoms with E-state index in [4.69, 9.17) is 41.2 Å². The number of rotatable bonds is 11. The van der Waals surface area contributed by atoms with Crippen LogP contribution < -0.4 is 19.5 Å². The van der Waals surface area contributed by atoms with E-state index in [1.807, 2.05) is 0 Å². The molecule has 0 aliphatic carbocycles. The number of terminal acetylenes is 1. The first-order chi connectivity index (χ1) is 20.8.